The summed E-state index contributed by atoms with van der Waals surface area (Å²) in [6.45, 7) is 3.35. The van der Waals surface area contributed by atoms with Crippen molar-refractivity contribution in [3.63, 3.8) is 0 Å². The van der Waals surface area contributed by atoms with E-state index in [1.165, 1.54) is 83.5 Å². The summed E-state index contributed by atoms with van der Waals surface area (Å²) in [4.78, 5) is 25.6. The van der Waals surface area contributed by atoms with Crippen molar-refractivity contribution in [2.75, 3.05) is 13.2 Å². The molecule has 0 rings (SSSR count). The Labute approximate surface area is 173 Å². The highest BCUT2D eigenvalue weighted by atomic mass is 31.1. The van der Waals surface area contributed by atoms with Crippen molar-refractivity contribution < 1.29 is 23.9 Å². The van der Waals surface area contributed by atoms with Gasteiger partial charge in [0.15, 0.2) is 0 Å². The zero-order chi connectivity index (χ0) is 21.3. The first-order chi connectivity index (χ1) is 13.5. The predicted octanol–water partition coefficient (Wildman–Crippen LogP) is 5.77. The predicted molar refractivity (Wildman–Crippen MR) is 116 cm³/mol. The molecule has 0 aliphatic heterocycles. The molecular formula is C21H45NO5P+. The zero-order valence-electron chi connectivity index (χ0n) is 18.1. The Morgan fingerprint density at radius 1 is 0.750 bits per heavy atom. The van der Waals surface area contributed by atoms with Gasteiger partial charge in [-0.2, -0.15) is 0 Å². The summed E-state index contributed by atoms with van der Waals surface area (Å²) in [5.74, 6) is -0.0573. The standard InChI is InChI=1S/C21H43NO2.HO3P/c1-2-3-4-5-6-7-8-9-10-11-12-13-14-15-16-18-21(23)24-20-17-19-22;1-4(2)3/h2-20,22H2,1H3;(H-,1,2,3)/p+1. The van der Waals surface area contributed by atoms with E-state index in [0.29, 0.717) is 19.6 Å². The second-order valence-electron chi connectivity index (χ2n) is 7.32. The largest absolute Gasteiger partial charge is 0.692 e. The average molecular weight is 423 g/mol. The van der Waals surface area contributed by atoms with Gasteiger partial charge < -0.3 is 10.5 Å². The van der Waals surface area contributed by atoms with Crippen molar-refractivity contribution >= 4 is 14.2 Å². The van der Waals surface area contributed by atoms with Crippen LogP contribution in [-0.4, -0.2) is 28.9 Å². The van der Waals surface area contributed by atoms with Crippen LogP contribution in [0.2, 0.25) is 0 Å². The molecule has 0 aliphatic carbocycles. The van der Waals surface area contributed by atoms with Gasteiger partial charge in [-0.1, -0.05) is 96.8 Å². The first kappa shape index (κ1) is 29.6. The molecule has 0 unspecified atom stereocenters. The first-order valence-corrected chi connectivity index (χ1v) is 12.4. The van der Waals surface area contributed by atoms with Crippen molar-refractivity contribution in [1.29, 1.82) is 0 Å². The molecule has 0 radical (unpaired) electrons. The molecule has 0 amide bonds. The van der Waals surface area contributed by atoms with Gasteiger partial charge >= 0.3 is 14.2 Å². The number of carbonyl (C=O) groups is 1. The first-order valence-electron chi connectivity index (χ1n) is 11.2. The second-order valence-corrected chi connectivity index (χ2v) is 7.82. The minimum Gasteiger partial charge on any atom is -0.466 e. The number of unbranched alkanes of at least 4 members (excludes halogenated alkanes) is 14. The highest BCUT2D eigenvalue weighted by Crippen LogP contribution is 2.13. The van der Waals surface area contributed by atoms with E-state index in [0.717, 1.165) is 19.3 Å². The Hall–Kier alpha value is -0.550. The lowest BCUT2D eigenvalue weighted by Crippen LogP contribution is -2.09. The van der Waals surface area contributed by atoms with E-state index in [1.54, 1.807) is 0 Å². The van der Waals surface area contributed by atoms with E-state index >= 15 is 0 Å². The lowest BCUT2D eigenvalue weighted by molar-refractivity contribution is -0.143. The van der Waals surface area contributed by atoms with Gasteiger partial charge in [0, 0.05) is 11.0 Å². The summed E-state index contributed by atoms with van der Waals surface area (Å²) < 4.78 is 13.8. The highest BCUT2D eigenvalue weighted by molar-refractivity contribution is 7.30. The third-order valence-corrected chi connectivity index (χ3v) is 4.60. The summed E-state index contributed by atoms with van der Waals surface area (Å²) >= 11 is 0. The molecule has 0 saturated carbocycles. The molecule has 0 atom stereocenters. The molecule has 28 heavy (non-hydrogen) atoms. The maximum Gasteiger partial charge on any atom is 0.692 e. The fourth-order valence-electron chi connectivity index (χ4n) is 2.98. The van der Waals surface area contributed by atoms with Gasteiger partial charge in [-0.05, 0) is 19.4 Å². The topological polar surface area (TPSA) is 110 Å². The Morgan fingerprint density at radius 3 is 1.46 bits per heavy atom. The number of hydrogen-bond acceptors (Lipinski definition) is 4. The molecule has 6 nitrogen and oxygen atoms in total. The Kier molecular flexibility index (Phi) is 28.0. The van der Waals surface area contributed by atoms with Gasteiger partial charge in [0.1, 0.15) is 0 Å². The quantitative estimate of drug-likeness (QED) is 0.138. The van der Waals surface area contributed by atoms with Crippen molar-refractivity contribution in [3.05, 3.63) is 0 Å². The molecule has 0 spiro atoms. The lowest BCUT2D eigenvalue weighted by atomic mass is 10.0. The average Bonchev–Trinajstić information content (AvgIpc) is 2.64. The molecule has 0 fully saturated rings. The molecule has 0 bridgehead atoms. The van der Waals surface area contributed by atoms with E-state index in [2.05, 4.69) is 6.92 Å². The molecule has 4 N–H and O–H groups in total. The molecule has 7 heteroatoms. The van der Waals surface area contributed by atoms with Crippen LogP contribution in [0.3, 0.4) is 0 Å². The van der Waals surface area contributed by atoms with Crippen LogP contribution in [0, 0.1) is 0 Å². The number of esters is 1. The van der Waals surface area contributed by atoms with Gasteiger partial charge in [-0.3, -0.25) is 4.79 Å². The number of rotatable bonds is 19. The van der Waals surface area contributed by atoms with Crippen molar-refractivity contribution in [3.8, 4) is 0 Å². The van der Waals surface area contributed by atoms with Crippen LogP contribution in [0.15, 0.2) is 0 Å². The second kappa shape index (κ2) is 26.4. The van der Waals surface area contributed by atoms with Gasteiger partial charge in [-0.15, -0.1) is 9.79 Å². The van der Waals surface area contributed by atoms with Crippen molar-refractivity contribution in [2.24, 2.45) is 5.73 Å². The van der Waals surface area contributed by atoms with Crippen molar-refractivity contribution in [1.82, 2.24) is 0 Å². The van der Waals surface area contributed by atoms with E-state index in [9.17, 15) is 4.79 Å². The van der Waals surface area contributed by atoms with E-state index in [-0.39, 0.29) is 5.97 Å². The third-order valence-electron chi connectivity index (χ3n) is 4.60. The maximum absolute atomic E-state index is 11.4. The number of hydrogen-bond donors (Lipinski definition) is 3. The third kappa shape index (κ3) is 33.1. The molecule has 0 aromatic carbocycles. The fourth-order valence-corrected chi connectivity index (χ4v) is 2.98. The minimum absolute atomic E-state index is 0.0573. The van der Waals surface area contributed by atoms with Crippen LogP contribution in [0.25, 0.3) is 0 Å². The summed E-state index contributed by atoms with van der Waals surface area (Å²) in [6.07, 6.45) is 21.5. The highest BCUT2D eigenvalue weighted by Gasteiger charge is 2.01. The SMILES string of the molecule is CCCCCCCCCCCCCCCCCC(=O)OCCCN.O=[P+](O)O. The Morgan fingerprint density at radius 2 is 1.11 bits per heavy atom. The molecule has 0 heterocycles. The molecule has 0 saturated heterocycles. The number of ether oxygens (including phenoxy) is 1. The maximum atomic E-state index is 11.4. The van der Waals surface area contributed by atoms with Gasteiger partial charge in [0.25, 0.3) is 0 Å². The van der Waals surface area contributed by atoms with Gasteiger partial charge in [0.05, 0.1) is 6.61 Å². The molecule has 0 aliphatic rings. The minimum atomic E-state index is -2.87. The lowest BCUT2D eigenvalue weighted by Gasteiger charge is -2.04. The van der Waals surface area contributed by atoms with E-state index < -0.39 is 8.25 Å². The van der Waals surface area contributed by atoms with Crippen LogP contribution in [-0.2, 0) is 14.1 Å². The van der Waals surface area contributed by atoms with Crippen molar-refractivity contribution in [2.45, 2.75) is 116 Å². The fraction of sp³-hybridized carbons (Fsp3) is 0.952. The van der Waals surface area contributed by atoms with Crippen LogP contribution in [0.5, 0.6) is 0 Å². The zero-order valence-corrected chi connectivity index (χ0v) is 19.0. The monoisotopic (exact) mass is 422 g/mol. The Balaban J connectivity index is 0. The molecule has 168 valence electrons. The summed E-state index contributed by atoms with van der Waals surface area (Å²) in [5.41, 5.74) is 5.36. The smallest absolute Gasteiger partial charge is 0.466 e. The van der Waals surface area contributed by atoms with E-state index in [1.807, 2.05) is 0 Å². The van der Waals surface area contributed by atoms with Gasteiger partial charge in [0.2, 0.25) is 0 Å². The normalized spacial score (nSPS) is 10.3. The molecule has 0 aromatic heterocycles. The van der Waals surface area contributed by atoms with Gasteiger partial charge in [-0.25, -0.2) is 0 Å². The van der Waals surface area contributed by atoms with Crippen LogP contribution in [0.1, 0.15) is 116 Å². The number of carbonyl (C=O) groups excluding carboxylic acids is 1. The molecular weight excluding hydrogens is 377 g/mol. The summed E-state index contributed by atoms with van der Waals surface area (Å²) in [7, 11) is -2.87. The summed E-state index contributed by atoms with van der Waals surface area (Å²) in [6, 6.07) is 0. The van der Waals surface area contributed by atoms with E-state index in [4.69, 9.17) is 24.8 Å². The van der Waals surface area contributed by atoms with Crippen LogP contribution in [0.4, 0.5) is 0 Å². The van der Waals surface area contributed by atoms with Crippen LogP contribution < -0.4 is 5.73 Å². The van der Waals surface area contributed by atoms with Crippen LogP contribution >= 0.6 is 8.25 Å². The summed E-state index contributed by atoms with van der Waals surface area (Å²) in [5, 5.41) is 0. The molecule has 0 aromatic rings. The Bertz CT molecular complexity index is 339. The number of nitrogens with two attached hydrogens (primary N) is 1.